The predicted octanol–water partition coefficient (Wildman–Crippen LogP) is 0.362. The summed E-state index contributed by atoms with van der Waals surface area (Å²) >= 11 is 3.47. The molecule has 1 aromatic rings. The Morgan fingerprint density at radius 2 is 1.89 bits per heavy atom. The van der Waals surface area contributed by atoms with Crippen LogP contribution >= 0.6 is 15.9 Å². The predicted molar refractivity (Wildman–Crippen MR) is 77.9 cm³/mol. The lowest BCUT2D eigenvalue weighted by molar-refractivity contribution is 0.386. The Morgan fingerprint density at radius 3 is 2.42 bits per heavy atom. The quantitative estimate of drug-likeness (QED) is 0.848. The molecule has 1 saturated heterocycles. The van der Waals surface area contributed by atoms with Gasteiger partial charge in [0.25, 0.3) is 0 Å². The van der Waals surface area contributed by atoms with Gasteiger partial charge in [-0.3, -0.25) is 0 Å². The summed E-state index contributed by atoms with van der Waals surface area (Å²) in [4.78, 5) is 10.4. The molecule has 0 radical (unpaired) electrons. The molecule has 1 aliphatic rings. The van der Waals surface area contributed by atoms with Gasteiger partial charge in [0.2, 0.25) is 10.0 Å². The van der Waals surface area contributed by atoms with Gasteiger partial charge in [0.05, 0.1) is 6.26 Å². The summed E-state index contributed by atoms with van der Waals surface area (Å²) in [5, 5.41) is 2.98. The Balaban J connectivity index is 2.14. The third kappa shape index (κ3) is 3.15. The zero-order valence-corrected chi connectivity index (χ0v) is 13.2. The van der Waals surface area contributed by atoms with Crippen molar-refractivity contribution in [2.45, 2.75) is 0 Å². The minimum atomic E-state index is -3.10. The highest BCUT2D eigenvalue weighted by Crippen LogP contribution is 2.29. The van der Waals surface area contributed by atoms with Gasteiger partial charge in [0.1, 0.15) is 22.4 Å². The lowest BCUT2D eigenvalue weighted by atomic mass is 10.3. The molecule has 0 saturated carbocycles. The number of rotatable bonds is 3. The van der Waals surface area contributed by atoms with Crippen molar-refractivity contribution in [3.63, 3.8) is 0 Å². The first-order valence-electron chi connectivity index (χ1n) is 5.82. The van der Waals surface area contributed by atoms with E-state index in [-0.39, 0.29) is 0 Å². The Hall–Kier alpha value is -0.930. The Bertz CT molecular complexity index is 557. The summed E-state index contributed by atoms with van der Waals surface area (Å²) in [5.74, 6) is 1.50. The highest BCUT2D eigenvalue weighted by Gasteiger charge is 2.25. The van der Waals surface area contributed by atoms with Crippen molar-refractivity contribution in [1.29, 1.82) is 0 Å². The number of nitrogens with one attached hydrogen (secondary N) is 1. The third-order valence-corrected chi connectivity index (χ3v) is 5.05. The average molecular weight is 350 g/mol. The van der Waals surface area contributed by atoms with Crippen LogP contribution in [0.15, 0.2) is 10.8 Å². The van der Waals surface area contributed by atoms with Crippen LogP contribution in [-0.4, -0.2) is 62.2 Å². The standard InChI is InChI=1S/C10H16BrN5O2S/c1-12-9-8(11)10(14-7-13-9)15-3-5-16(6-4-15)19(2,17)18/h7H,3-6H2,1-2H3,(H,12,13,14). The Labute approximate surface area is 121 Å². The smallest absolute Gasteiger partial charge is 0.211 e. The number of piperazine rings is 1. The van der Waals surface area contributed by atoms with E-state index in [1.165, 1.54) is 16.9 Å². The van der Waals surface area contributed by atoms with Gasteiger partial charge < -0.3 is 10.2 Å². The largest absolute Gasteiger partial charge is 0.372 e. The first-order valence-corrected chi connectivity index (χ1v) is 8.46. The fourth-order valence-corrected chi connectivity index (χ4v) is 3.47. The number of aromatic nitrogens is 2. The lowest BCUT2D eigenvalue weighted by Gasteiger charge is -2.34. The zero-order valence-electron chi connectivity index (χ0n) is 10.8. The number of anilines is 2. The monoisotopic (exact) mass is 349 g/mol. The lowest BCUT2D eigenvalue weighted by Crippen LogP contribution is -2.48. The Kier molecular flexibility index (Phi) is 4.26. The molecule has 0 spiro atoms. The van der Waals surface area contributed by atoms with Crippen LogP contribution in [0, 0.1) is 0 Å². The van der Waals surface area contributed by atoms with Crippen LogP contribution in [0.4, 0.5) is 11.6 Å². The van der Waals surface area contributed by atoms with Crippen LogP contribution in [0.2, 0.25) is 0 Å². The van der Waals surface area contributed by atoms with Crippen LogP contribution < -0.4 is 10.2 Å². The van der Waals surface area contributed by atoms with E-state index in [1.807, 2.05) is 4.90 Å². The zero-order chi connectivity index (χ0) is 14.0. The van der Waals surface area contributed by atoms with Crippen molar-refractivity contribution >= 4 is 37.6 Å². The molecule has 2 rings (SSSR count). The molecule has 0 unspecified atom stereocenters. The number of nitrogens with zero attached hydrogens (tertiary/aromatic N) is 4. The van der Waals surface area contributed by atoms with E-state index in [2.05, 4.69) is 31.2 Å². The molecule has 7 nitrogen and oxygen atoms in total. The van der Waals surface area contributed by atoms with Gasteiger partial charge in [-0.25, -0.2) is 18.4 Å². The molecule has 0 amide bonds. The van der Waals surface area contributed by atoms with Crippen molar-refractivity contribution < 1.29 is 8.42 Å². The van der Waals surface area contributed by atoms with Gasteiger partial charge in [-0.1, -0.05) is 0 Å². The van der Waals surface area contributed by atoms with Crippen LogP contribution in [0.3, 0.4) is 0 Å². The molecular weight excluding hydrogens is 334 g/mol. The van der Waals surface area contributed by atoms with Gasteiger partial charge >= 0.3 is 0 Å². The number of hydrogen-bond acceptors (Lipinski definition) is 6. The molecular formula is C10H16BrN5O2S. The van der Waals surface area contributed by atoms with E-state index >= 15 is 0 Å². The van der Waals surface area contributed by atoms with Gasteiger partial charge in [-0.05, 0) is 15.9 Å². The van der Waals surface area contributed by atoms with Gasteiger partial charge in [0.15, 0.2) is 0 Å². The fourth-order valence-electron chi connectivity index (χ4n) is 1.99. The number of sulfonamides is 1. The maximum Gasteiger partial charge on any atom is 0.211 e. The van der Waals surface area contributed by atoms with E-state index < -0.39 is 10.0 Å². The molecule has 0 aliphatic carbocycles. The minimum absolute atomic E-state index is 0.476. The van der Waals surface area contributed by atoms with Crippen LogP contribution in [0.25, 0.3) is 0 Å². The normalized spacial score (nSPS) is 17.5. The third-order valence-electron chi connectivity index (χ3n) is 3.02. The highest BCUT2D eigenvalue weighted by atomic mass is 79.9. The summed E-state index contributed by atoms with van der Waals surface area (Å²) in [6.07, 6.45) is 2.73. The van der Waals surface area contributed by atoms with Gasteiger partial charge in [-0.15, -0.1) is 0 Å². The highest BCUT2D eigenvalue weighted by molar-refractivity contribution is 9.10. The topological polar surface area (TPSA) is 78.4 Å². The molecule has 9 heteroatoms. The molecule has 1 fully saturated rings. The number of hydrogen-bond donors (Lipinski definition) is 1. The summed E-state index contributed by atoms with van der Waals surface area (Å²) in [5.41, 5.74) is 0. The maximum atomic E-state index is 11.5. The minimum Gasteiger partial charge on any atom is -0.372 e. The molecule has 19 heavy (non-hydrogen) atoms. The summed E-state index contributed by atoms with van der Waals surface area (Å²) in [6.45, 7) is 2.19. The molecule has 0 bridgehead atoms. The average Bonchev–Trinajstić information content (AvgIpc) is 2.38. The van der Waals surface area contributed by atoms with Crippen LogP contribution in [0.1, 0.15) is 0 Å². The van der Waals surface area contributed by atoms with Crippen molar-refractivity contribution in [2.24, 2.45) is 0 Å². The van der Waals surface area contributed by atoms with Crippen molar-refractivity contribution in [1.82, 2.24) is 14.3 Å². The molecule has 0 aromatic carbocycles. The molecule has 1 aromatic heterocycles. The molecule has 2 heterocycles. The maximum absolute atomic E-state index is 11.5. The van der Waals surface area contributed by atoms with Crippen molar-refractivity contribution in [2.75, 3.05) is 49.7 Å². The fraction of sp³-hybridized carbons (Fsp3) is 0.600. The first-order chi connectivity index (χ1) is 8.93. The molecule has 106 valence electrons. The van der Waals surface area contributed by atoms with Crippen molar-refractivity contribution in [3.8, 4) is 0 Å². The van der Waals surface area contributed by atoms with E-state index in [4.69, 9.17) is 0 Å². The second-order valence-corrected chi connectivity index (χ2v) is 7.03. The molecule has 1 N–H and O–H groups in total. The van der Waals surface area contributed by atoms with Crippen molar-refractivity contribution in [3.05, 3.63) is 10.8 Å². The van der Waals surface area contributed by atoms with E-state index in [0.717, 1.165) is 16.1 Å². The summed E-state index contributed by atoms with van der Waals surface area (Å²) < 4.78 is 25.2. The van der Waals surface area contributed by atoms with E-state index in [9.17, 15) is 8.42 Å². The van der Waals surface area contributed by atoms with E-state index in [1.54, 1.807) is 7.05 Å². The Morgan fingerprint density at radius 1 is 1.26 bits per heavy atom. The van der Waals surface area contributed by atoms with Crippen LogP contribution in [-0.2, 0) is 10.0 Å². The second kappa shape index (κ2) is 5.59. The van der Waals surface area contributed by atoms with E-state index in [0.29, 0.717) is 26.2 Å². The second-order valence-electron chi connectivity index (χ2n) is 4.26. The first kappa shape index (κ1) is 14.5. The van der Waals surface area contributed by atoms with Crippen LogP contribution in [0.5, 0.6) is 0 Å². The molecule has 0 atom stereocenters. The van der Waals surface area contributed by atoms with Gasteiger partial charge in [-0.2, -0.15) is 4.31 Å². The summed E-state index contributed by atoms with van der Waals surface area (Å²) in [7, 11) is -1.31. The summed E-state index contributed by atoms with van der Waals surface area (Å²) in [6, 6.07) is 0. The number of halogens is 1. The van der Waals surface area contributed by atoms with Gasteiger partial charge in [0, 0.05) is 33.2 Å². The molecule has 1 aliphatic heterocycles. The SMILES string of the molecule is CNc1ncnc(N2CCN(S(C)(=O)=O)CC2)c1Br.